The Kier molecular flexibility index (Phi) is 5.38. The zero-order valence-corrected chi connectivity index (χ0v) is 13.8. The van der Waals surface area contributed by atoms with Crippen molar-refractivity contribution in [3.8, 4) is 0 Å². The van der Waals surface area contributed by atoms with Gasteiger partial charge in [-0.1, -0.05) is 32.3 Å². The Morgan fingerprint density at radius 2 is 2.00 bits per heavy atom. The molecule has 1 aliphatic rings. The quantitative estimate of drug-likeness (QED) is 0.868. The van der Waals surface area contributed by atoms with Gasteiger partial charge in [-0.15, -0.1) is 0 Å². The third-order valence-electron chi connectivity index (χ3n) is 4.65. The fourth-order valence-electron chi connectivity index (χ4n) is 3.11. The summed E-state index contributed by atoms with van der Waals surface area (Å²) in [5.41, 5.74) is 6.07. The molecule has 5 nitrogen and oxygen atoms in total. The Hall–Kier alpha value is -0.940. The highest BCUT2D eigenvalue weighted by Gasteiger charge is 2.38. The summed E-state index contributed by atoms with van der Waals surface area (Å²) in [5.74, 6) is 2.30. The van der Waals surface area contributed by atoms with Crippen molar-refractivity contribution in [2.24, 2.45) is 17.6 Å². The maximum atomic E-state index is 6.52. The van der Waals surface area contributed by atoms with Crippen LogP contribution in [-0.4, -0.2) is 16.7 Å². The molecule has 0 aromatic carbocycles. The summed E-state index contributed by atoms with van der Waals surface area (Å²) >= 11 is 0. The lowest BCUT2D eigenvalue weighted by atomic mass is 9.76. The van der Waals surface area contributed by atoms with Crippen molar-refractivity contribution in [1.82, 2.24) is 10.1 Å². The lowest BCUT2D eigenvalue weighted by molar-refractivity contribution is 0.0217. The minimum Gasteiger partial charge on any atom is -0.370 e. The highest BCUT2D eigenvalue weighted by Crippen LogP contribution is 2.38. The van der Waals surface area contributed by atoms with E-state index in [0.717, 1.165) is 31.6 Å². The molecule has 1 aromatic heterocycles. The SMILES string of the molecule is CCOC(c1noc(C2(N)CCC(CC)CC2)n1)C(C)C. The lowest BCUT2D eigenvalue weighted by Gasteiger charge is -2.33. The van der Waals surface area contributed by atoms with E-state index >= 15 is 0 Å². The monoisotopic (exact) mass is 295 g/mol. The van der Waals surface area contributed by atoms with Gasteiger partial charge in [0, 0.05) is 6.61 Å². The van der Waals surface area contributed by atoms with Crippen LogP contribution < -0.4 is 5.73 Å². The molecule has 0 saturated heterocycles. The number of rotatable bonds is 6. The van der Waals surface area contributed by atoms with E-state index in [1.54, 1.807) is 0 Å². The van der Waals surface area contributed by atoms with Gasteiger partial charge in [-0.25, -0.2) is 0 Å². The molecule has 1 fully saturated rings. The van der Waals surface area contributed by atoms with Crippen molar-refractivity contribution in [2.75, 3.05) is 6.61 Å². The summed E-state index contributed by atoms with van der Waals surface area (Å²) in [6.07, 6.45) is 5.24. The molecule has 1 atom stereocenters. The van der Waals surface area contributed by atoms with E-state index < -0.39 is 5.54 Å². The molecule has 1 heterocycles. The highest BCUT2D eigenvalue weighted by molar-refractivity contribution is 5.05. The molecular formula is C16H29N3O2. The molecule has 1 unspecified atom stereocenters. The van der Waals surface area contributed by atoms with E-state index in [1.165, 1.54) is 6.42 Å². The molecule has 1 aliphatic carbocycles. The predicted octanol–water partition coefficient (Wildman–Crippen LogP) is 3.56. The van der Waals surface area contributed by atoms with Gasteiger partial charge in [0.15, 0.2) is 0 Å². The van der Waals surface area contributed by atoms with Crippen LogP contribution in [0.3, 0.4) is 0 Å². The number of nitrogens with two attached hydrogens (primary N) is 1. The maximum Gasteiger partial charge on any atom is 0.246 e. The summed E-state index contributed by atoms with van der Waals surface area (Å²) in [4.78, 5) is 4.57. The van der Waals surface area contributed by atoms with Crippen molar-refractivity contribution in [3.05, 3.63) is 11.7 Å². The largest absolute Gasteiger partial charge is 0.370 e. The van der Waals surface area contributed by atoms with E-state index in [0.29, 0.717) is 24.2 Å². The van der Waals surface area contributed by atoms with Gasteiger partial charge < -0.3 is 15.0 Å². The Labute approximate surface area is 127 Å². The van der Waals surface area contributed by atoms with Crippen LogP contribution in [0.1, 0.15) is 77.6 Å². The van der Waals surface area contributed by atoms with Crippen LogP contribution in [0, 0.1) is 11.8 Å². The zero-order valence-electron chi connectivity index (χ0n) is 13.8. The van der Waals surface area contributed by atoms with Crippen LogP contribution in [0.5, 0.6) is 0 Å². The molecule has 2 rings (SSSR count). The van der Waals surface area contributed by atoms with Crippen LogP contribution >= 0.6 is 0 Å². The lowest BCUT2D eigenvalue weighted by Crippen LogP contribution is -2.40. The Bertz CT molecular complexity index is 436. The average molecular weight is 295 g/mol. The molecule has 0 amide bonds. The predicted molar refractivity (Wildman–Crippen MR) is 81.6 cm³/mol. The fourth-order valence-corrected chi connectivity index (χ4v) is 3.11. The third kappa shape index (κ3) is 3.64. The van der Waals surface area contributed by atoms with Gasteiger partial charge in [0.1, 0.15) is 6.10 Å². The number of ether oxygens (including phenoxy) is 1. The van der Waals surface area contributed by atoms with Gasteiger partial charge >= 0.3 is 0 Å². The molecule has 120 valence electrons. The maximum absolute atomic E-state index is 6.52. The molecule has 0 spiro atoms. The summed E-state index contributed by atoms with van der Waals surface area (Å²) in [5, 5.41) is 4.12. The number of nitrogens with zero attached hydrogens (tertiary/aromatic N) is 2. The van der Waals surface area contributed by atoms with Gasteiger partial charge in [-0.3, -0.25) is 0 Å². The van der Waals surface area contributed by atoms with Crippen LogP contribution in [0.4, 0.5) is 0 Å². The van der Waals surface area contributed by atoms with Crippen molar-refractivity contribution >= 4 is 0 Å². The van der Waals surface area contributed by atoms with Gasteiger partial charge in [-0.2, -0.15) is 4.98 Å². The van der Waals surface area contributed by atoms with Crippen LogP contribution in [0.2, 0.25) is 0 Å². The number of hydrogen-bond donors (Lipinski definition) is 1. The van der Waals surface area contributed by atoms with Crippen LogP contribution in [-0.2, 0) is 10.3 Å². The van der Waals surface area contributed by atoms with Crippen molar-refractivity contribution < 1.29 is 9.26 Å². The summed E-state index contributed by atoms with van der Waals surface area (Å²) in [7, 11) is 0. The van der Waals surface area contributed by atoms with E-state index in [2.05, 4.69) is 30.9 Å². The van der Waals surface area contributed by atoms with E-state index in [9.17, 15) is 0 Å². The van der Waals surface area contributed by atoms with E-state index in [4.69, 9.17) is 15.0 Å². The molecule has 0 bridgehead atoms. The van der Waals surface area contributed by atoms with E-state index in [-0.39, 0.29) is 6.10 Å². The molecule has 5 heteroatoms. The van der Waals surface area contributed by atoms with Crippen LogP contribution in [0.15, 0.2) is 4.52 Å². The van der Waals surface area contributed by atoms with Gasteiger partial charge in [0.25, 0.3) is 0 Å². The minimum absolute atomic E-state index is 0.122. The fraction of sp³-hybridized carbons (Fsp3) is 0.875. The molecule has 21 heavy (non-hydrogen) atoms. The topological polar surface area (TPSA) is 74.2 Å². The first-order valence-electron chi connectivity index (χ1n) is 8.24. The number of aromatic nitrogens is 2. The van der Waals surface area contributed by atoms with Gasteiger partial charge in [0.2, 0.25) is 11.7 Å². The normalized spacial score (nSPS) is 28.0. The Balaban J connectivity index is 2.12. The second-order valence-electron chi connectivity index (χ2n) is 6.59. The smallest absolute Gasteiger partial charge is 0.246 e. The second kappa shape index (κ2) is 6.88. The highest BCUT2D eigenvalue weighted by atomic mass is 16.5. The third-order valence-corrected chi connectivity index (χ3v) is 4.65. The first kappa shape index (κ1) is 16.4. The second-order valence-corrected chi connectivity index (χ2v) is 6.59. The first-order chi connectivity index (χ1) is 10.00. The van der Waals surface area contributed by atoms with Gasteiger partial charge in [0.05, 0.1) is 5.54 Å². The van der Waals surface area contributed by atoms with Crippen molar-refractivity contribution in [1.29, 1.82) is 0 Å². The standard InChI is InChI=1S/C16H29N3O2/c1-5-12-7-9-16(17,10-8-12)15-18-14(19-21-15)13(11(3)4)20-6-2/h11-13H,5-10,17H2,1-4H3. The van der Waals surface area contributed by atoms with E-state index in [1.807, 2.05) is 6.92 Å². The van der Waals surface area contributed by atoms with Crippen molar-refractivity contribution in [2.45, 2.75) is 71.4 Å². The Morgan fingerprint density at radius 3 is 2.52 bits per heavy atom. The number of hydrogen-bond acceptors (Lipinski definition) is 5. The molecule has 0 aliphatic heterocycles. The molecule has 0 radical (unpaired) electrons. The summed E-state index contributed by atoms with van der Waals surface area (Å²) in [6, 6.07) is 0. The van der Waals surface area contributed by atoms with Crippen molar-refractivity contribution in [3.63, 3.8) is 0 Å². The summed E-state index contributed by atoms with van der Waals surface area (Å²) in [6.45, 7) is 9.06. The Morgan fingerprint density at radius 1 is 1.33 bits per heavy atom. The van der Waals surface area contributed by atoms with Crippen LogP contribution in [0.25, 0.3) is 0 Å². The summed E-state index contributed by atoms with van der Waals surface area (Å²) < 4.78 is 11.2. The van der Waals surface area contributed by atoms with Gasteiger partial charge in [-0.05, 0) is 44.4 Å². The molecule has 2 N–H and O–H groups in total. The average Bonchev–Trinajstić information content (AvgIpc) is 2.95. The minimum atomic E-state index is -0.454. The molecule has 1 saturated carbocycles. The molecule has 1 aromatic rings. The first-order valence-corrected chi connectivity index (χ1v) is 8.24. The zero-order chi connectivity index (χ0) is 15.5. The molecular weight excluding hydrogens is 266 g/mol.